The highest BCUT2D eigenvalue weighted by Crippen LogP contribution is 2.30. The summed E-state index contributed by atoms with van der Waals surface area (Å²) in [5.41, 5.74) is 7.41. The normalized spacial score (nSPS) is 13.3. The summed E-state index contributed by atoms with van der Waals surface area (Å²) < 4.78 is 10.8. The van der Waals surface area contributed by atoms with Crippen molar-refractivity contribution in [2.45, 2.75) is 27.2 Å². The third-order valence-corrected chi connectivity index (χ3v) is 7.60. The number of carbonyl (C=O) groups is 1. The molecule has 206 valence electrons. The molecule has 0 spiro atoms. The van der Waals surface area contributed by atoms with E-state index in [4.69, 9.17) is 19.4 Å². The topological polar surface area (TPSA) is 67.8 Å². The van der Waals surface area contributed by atoms with Crippen molar-refractivity contribution < 1.29 is 14.3 Å². The van der Waals surface area contributed by atoms with Gasteiger partial charge in [-0.25, -0.2) is 9.97 Å². The number of carbonyl (C=O) groups excluding carboxylic acids is 1. The zero-order valence-electron chi connectivity index (χ0n) is 23.9. The number of hydrogen-bond donors (Lipinski definition) is 0. The number of piperazine rings is 1. The largest absolute Gasteiger partial charge is 0.497 e. The zero-order valence-corrected chi connectivity index (χ0v) is 23.9. The van der Waals surface area contributed by atoms with Crippen molar-refractivity contribution in [1.29, 1.82) is 0 Å². The van der Waals surface area contributed by atoms with Gasteiger partial charge in [0.1, 0.15) is 17.3 Å². The third kappa shape index (κ3) is 5.64. The van der Waals surface area contributed by atoms with Crippen LogP contribution in [0.15, 0.2) is 66.7 Å². The summed E-state index contributed by atoms with van der Waals surface area (Å²) in [7, 11) is 3.17. The lowest BCUT2D eigenvalue weighted by atomic mass is 9.97. The van der Waals surface area contributed by atoms with Gasteiger partial charge in [0.15, 0.2) is 5.82 Å². The summed E-state index contributed by atoms with van der Waals surface area (Å²) in [5.74, 6) is 2.80. The van der Waals surface area contributed by atoms with Crippen molar-refractivity contribution in [2.24, 2.45) is 0 Å². The second-order valence-corrected chi connectivity index (χ2v) is 10.3. The van der Waals surface area contributed by atoms with Crippen LogP contribution in [0, 0.1) is 20.8 Å². The molecule has 2 heterocycles. The Balaban J connectivity index is 1.44. The van der Waals surface area contributed by atoms with Gasteiger partial charge in [-0.1, -0.05) is 54.1 Å². The van der Waals surface area contributed by atoms with Gasteiger partial charge in [-0.05, 0) is 44.0 Å². The van der Waals surface area contributed by atoms with Crippen molar-refractivity contribution in [3.05, 3.63) is 100 Å². The minimum Gasteiger partial charge on any atom is -0.497 e. The number of ether oxygens (including phenoxy) is 2. The quantitative estimate of drug-likeness (QED) is 0.305. The van der Waals surface area contributed by atoms with Crippen LogP contribution in [-0.4, -0.2) is 61.2 Å². The molecule has 1 aliphatic heterocycles. The van der Waals surface area contributed by atoms with Gasteiger partial charge >= 0.3 is 0 Å². The monoisotopic (exact) mass is 536 g/mol. The Kier molecular flexibility index (Phi) is 8.01. The SMILES string of the molecule is COc1ccc(C(=O)N2CCN(c3nc(-c4ccccc4)nc(C)c3Cc3cc(C)ccc3C)CC2)c(OC)c1. The van der Waals surface area contributed by atoms with Gasteiger partial charge in [0.05, 0.1) is 19.8 Å². The molecule has 0 N–H and O–H groups in total. The molecule has 0 radical (unpaired) electrons. The molecule has 40 heavy (non-hydrogen) atoms. The first-order chi connectivity index (χ1) is 19.4. The molecule has 4 aromatic rings. The molecule has 1 amide bonds. The molecule has 0 atom stereocenters. The maximum absolute atomic E-state index is 13.5. The molecule has 1 aliphatic rings. The summed E-state index contributed by atoms with van der Waals surface area (Å²) in [6.07, 6.45) is 0.756. The lowest BCUT2D eigenvalue weighted by Crippen LogP contribution is -2.49. The van der Waals surface area contributed by atoms with Crippen LogP contribution in [0.4, 0.5) is 5.82 Å². The van der Waals surface area contributed by atoms with Crippen LogP contribution in [0.1, 0.15) is 38.3 Å². The van der Waals surface area contributed by atoms with E-state index in [1.54, 1.807) is 32.4 Å². The van der Waals surface area contributed by atoms with E-state index in [2.05, 4.69) is 43.9 Å². The highest BCUT2D eigenvalue weighted by atomic mass is 16.5. The molecule has 0 aliphatic carbocycles. The number of rotatable bonds is 7. The Bertz CT molecular complexity index is 1510. The van der Waals surface area contributed by atoms with Crippen molar-refractivity contribution in [3.8, 4) is 22.9 Å². The van der Waals surface area contributed by atoms with Gasteiger partial charge in [0.25, 0.3) is 5.91 Å². The number of hydrogen-bond acceptors (Lipinski definition) is 6. The molecule has 3 aromatic carbocycles. The Hall–Kier alpha value is -4.39. The van der Waals surface area contributed by atoms with Crippen LogP contribution in [-0.2, 0) is 6.42 Å². The van der Waals surface area contributed by atoms with E-state index in [9.17, 15) is 4.79 Å². The Morgan fingerprint density at radius 3 is 2.30 bits per heavy atom. The number of anilines is 1. The number of aryl methyl sites for hydroxylation is 3. The van der Waals surface area contributed by atoms with Crippen molar-refractivity contribution >= 4 is 11.7 Å². The Morgan fingerprint density at radius 2 is 1.60 bits per heavy atom. The van der Waals surface area contributed by atoms with Gasteiger partial charge < -0.3 is 19.3 Å². The highest BCUT2D eigenvalue weighted by molar-refractivity contribution is 5.97. The van der Waals surface area contributed by atoms with Crippen LogP contribution in [0.3, 0.4) is 0 Å². The minimum absolute atomic E-state index is 0.0430. The third-order valence-electron chi connectivity index (χ3n) is 7.60. The van der Waals surface area contributed by atoms with E-state index in [0.29, 0.717) is 43.2 Å². The van der Waals surface area contributed by atoms with Crippen LogP contribution in [0.5, 0.6) is 11.5 Å². The van der Waals surface area contributed by atoms with Gasteiger partial charge in [0.2, 0.25) is 0 Å². The fourth-order valence-corrected chi connectivity index (χ4v) is 5.21. The predicted molar refractivity (Wildman–Crippen MR) is 159 cm³/mol. The average molecular weight is 537 g/mol. The summed E-state index contributed by atoms with van der Waals surface area (Å²) in [6, 6.07) is 22.0. The molecule has 1 saturated heterocycles. The summed E-state index contributed by atoms with van der Waals surface area (Å²) in [5, 5.41) is 0. The van der Waals surface area contributed by atoms with E-state index in [1.165, 1.54) is 16.7 Å². The maximum atomic E-state index is 13.5. The minimum atomic E-state index is -0.0430. The smallest absolute Gasteiger partial charge is 0.257 e. The van der Waals surface area contributed by atoms with E-state index in [-0.39, 0.29) is 5.91 Å². The number of nitrogens with zero attached hydrogens (tertiary/aromatic N) is 4. The van der Waals surface area contributed by atoms with E-state index in [1.807, 2.05) is 35.2 Å². The molecule has 7 heteroatoms. The van der Waals surface area contributed by atoms with Crippen molar-refractivity contribution in [2.75, 3.05) is 45.3 Å². The standard InChI is InChI=1S/C33H36N4O3/c1-22-11-12-23(2)26(19-22)20-29-24(3)34-31(25-9-7-6-8-10-25)35-32(29)36-15-17-37(18-16-36)33(38)28-14-13-27(39-4)21-30(28)40-5/h6-14,19,21H,15-18,20H2,1-5H3. The fourth-order valence-electron chi connectivity index (χ4n) is 5.21. The number of methoxy groups -OCH3 is 2. The molecule has 5 rings (SSSR count). The molecular formula is C33H36N4O3. The molecule has 0 bridgehead atoms. The highest BCUT2D eigenvalue weighted by Gasteiger charge is 2.27. The molecular weight excluding hydrogens is 500 g/mol. The number of benzene rings is 3. The van der Waals surface area contributed by atoms with E-state index < -0.39 is 0 Å². The number of aromatic nitrogens is 2. The molecule has 7 nitrogen and oxygen atoms in total. The summed E-state index contributed by atoms with van der Waals surface area (Å²) in [6.45, 7) is 8.87. The van der Waals surface area contributed by atoms with E-state index in [0.717, 1.165) is 34.9 Å². The van der Waals surface area contributed by atoms with Crippen LogP contribution >= 0.6 is 0 Å². The first kappa shape index (κ1) is 27.2. The van der Waals surface area contributed by atoms with Gasteiger partial charge in [-0.15, -0.1) is 0 Å². The predicted octanol–water partition coefficient (Wildman–Crippen LogP) is 5.64. The lowest BCUT2D eigenvalue weighted by molar-refractivity contribution is 0.0743. The van der Waals surface area contributed by atoms with Gasteiger partial charge in [-0.2, -0.15) is 0 Å². The van der Waals surface area contributed by atoms with Crippen molar-refractivity contribution in [3.63, 3.8) is 0 Å². The maximum Gasteiger partial charge on any atom is 0.257 e. The van der Waals surface area contributed by atoms with Gasteiger partial charge in [-0.3, -0.25) is 4.79 Å². The second kappa shape index (κ2) is 11.8. The van der Waals surface area contributed by atoms with E-state index >= 15 is 0 Å². The number of amides is 1. The summed E-state index contributed by atoms with van der Waals surface area (Å²) >= 11 is 0. The molecule has 1 fully saturated rings. The first-order valence-electron chi connectivity index (χ1n) is 13.6. The van der Waals surface area contributed by atoms with Crippen LogP contribution < -0.4 is 14.4 Å². The zero-order chi connectivity index (χ0) is 28.2. The van der Waals surface area contributed by atoms with Gasteiger partial charge in [0, 0.05) is 55.5 Å². The summed E-state index contributed by atoms with van der Waals surface area (Å²) in [4.78, 5) is 27.7. The molecule has 1 aromatic heterocycles. The van der Waals surface area contributed by atoms with Crippen molar-refractivity contribution in [1.82, 2.24) is 14.9 Å². The molecule has 0 unspecified atom stereocenters. The Labute approximate surface area is 236 Å². The average Bonchev–Trinajstić information content (AvgIpc) is 2.99. The first-order valence-corrected chi connectivity index (χ1v) is 13.6. The second-order valence-electron chi connectivity index (χ2n) is 10.3. The van der Waals surface area contributed by atoms with Crippen LogP contribution in [0.2, 0.25) is 0 Å². The van der Waals surface area contributed by atoms with Crippen LogP contribution in [0.25, 0.3) is 11.4 Å². The fraction of sp³-hybridized carbons (Fsp3) is 0.303. The Morgan fingerprint density at radius 1 is 0.850 bits per heavy atom. The lowest BCUT2D eigenvalue weighted by Gasteiger charge is -2.37. The molecule has 0 saturated carbocycles.